The molecule has 0 spiro atoms. The van der Waals surface area contributed by atoms with Crippen LogP contribution in [-0.2, 0) is 9.53 Å². The molecule has 0 bridgehead atoms. The fourth-order valence-corrected chi connectivity index (χ4v) is 4.33. The van der Waals surface area contributed by atoms with Crippen molar-refractivity contribution >= 4 is 23.7 Å². The van der Waals surface area contributed by atoms with Gasteiger partial charge in [-0.05, 0) is 92.9 Å². The van der Waals surface area contributed by atoms with Crippen molar-refractivity contribution in [1.29, 1.82) is 0 Å². The van der Waals surface area contributed by atoms with Gasteiger partial charge in [0.25, 0.3) is 0 Å². The van der Waals surface area contributed by atoms with Gasteiger partial charge in [-0.3, -0.25) is 4.79 Å². The van der Waals surface area contributed by atoms with E-state index in [0.29, 0.717) is 43.1 Å². The molecule has 0 heterocycles. The van der Waals surface area contributed by atoms with Crippen LogP contribution in [-0.4, -0.2) is 43.5 Å². The van der Waals surface area contributed by atoms with Crippen LogP contribution in [0.15, 0.2) is 79.4 Å². The van der Waals surface area contributed by atoms with E-state index < -0.39 is 17.9 Å². The summed E-state index contributed by atoms with van der Waals surface area (Å²) in [6, 6.07) is 17.3. The molecular formula is C37H42O9. The first-order chi connectivity index (χ1) is 22.3. The third kappa shape index (κ3) is 12.2. The molecule has 3 aromatic carbocycles. The highest BCUT2D eigenvalue weighted by molar-refractivity contribution is 6.00. The SMILES string of the molecule is C=CC(=O)OCCCCOc1ccc(C(=O)Oc2ccc(OC(=O)c3ccc(OCCCCCCCC)cc3)cc2C(C)=O)cc1. The first-order valence-electron chi connectivity index (χ1n) is 15.6. The summed E-state index contributed by atoms with van der Waals surface area (Å²) >= 11 is 0. The van der Waals surface area contributed by atoms with E-state index in [1.165, 1.54) is 50.8 Å². The van der Waals surface area contributed by atoms with Crippen molar-refractivity contribution in [2.45, 2.75) is 65.2 Å². The molecule has 0 radical (unpaired) electrons. The van der Waals surface area contributed by atoms with E-state index >= 15 is 0 Å². The number of esters is 3. The Morgan fingerprint density at radius 1 is 0.630 bits per heavy atom. The second kappa shape index (κ2) is 19.5. The maximum Gasteiger partial charge on any atom is 0.343 e. The van der Waals surface area contributed by atoms with Gasteiger partial charge in [-0.1, -0.05) is 45.6 Å². The van der Waals surface area contributed by atoms with Gasteiger partial charge in [0.05, 0.1) is 36.5 Å². The minimum absolute atomic E-state index is 0.0432. The van der Waals surface area contributed by atoms with E-state index in [1.807, 2.05) is 0 Å². The number of rotatable bonds is 20. The molecule has 0 aliphatic carbocycles. The van der Waals surface area contributed by atoms with Gasteiger partial charge >= 0.3 is 17.9 Å². The number of ketones is 1. The molecule has 0 aliphatic heterocycles. The first kappa shape index (κ1) is 35.6. The zero-order chi connectivity index (χ0) is 33.1. The number of unbranched alkanes of at least 4 members (excludes halogenated alkanes) is 6. The third-order valence-electron chi connectivity index (χ3n) is 6.91. The van der Waals surface area contributed by atoms with Crippen molar-refractivity contribution in [3.05, 3.63) is 96.1 Å². The van der Waals surface area contributed by atoms with Crippen LogP contribution >= 0.6 is 0 Å². The lowest BCUT2D eigenvalue weighted by molar-refractivity contribution is -0.137. The normalized spacial score (nSPS) is 10.5. The van der Waals surface area contributed by atoms with Crippen LogP contribution in [0.4, 0.5) is 0 Å². The molecule has 244 valence electrons. The largest absolute Gasteiger partial charge is 0.494 e. The molecule has 0 unspecified atom stereocenters. The molecule has 0 N–H and O–H groups in total. The average Bonchev–Trinajstić information content (AvgIpc) is 3.06. The quantitative estimate of drug-likeness (QED) is 0.0403. The maximum absolute atomic E-state index is 12.8. The second-order valence-electron chi connectivity index (χ2n) is 10.6. The van der Waals surface area contributed by atoms with Crippen LogP contribution in [0.5, 0.6) is 23.0 Å². The summed E-state index contributed by atoms with van der Waals surface area (Å²) in [5.74, 6) is -0.666. The van der Waals surface area contributed by atoms with Gasteiger partial charge in [-0.15, -0.1) is 0 Å². The number of hydrogen-bond donors (Lipinski definition) is 0. The van der Waals surface area contributed by atoms with E-state index in [4.69, 9.17) is 23.7 Å². The number of hydrogen-bond acceptors (Lipinski definition) is 9. The molecule has 0 amide bonds. The number of benzene rings is 3. The third-order valence-corrected chi connectivity index (χ3v) is 6.91. The Bertz CT molecular complexity index is 1440. The first-order valence-corrected chi connectivity index (χ1v) is 15.6. The van der Waals surface area contributed by atoms with Crippen LogP contribution in [0.2, 0.25) is 0 Å². The van der Waals surface area contributed by atoms with Gasteiger partial charge in [-0.25, -0.2) is 14.4 Å². The standard InChI is InChI=1S/C37H42O9/c1-4-6-7-8-9-10-23-42-30-17-13-28(14-18-30)36(40)45-32-21-22-34(33(26-32)27(3)38)46-37(41)29-15-19-31(20-16-29)43-24-11-12-25-44-35(39)5-2/h5,13-22,26H,2,4,6-12,23-25H2,1,3H3. The van der Waals surface area contributed by atoms with Gasteiger partial charge in [0.15, 0.2) is 5.78 Å². The molecule has 0 fully saturated rings. The number of carbonyl (C=O) groups is 4. The number of carbonyl (C=O) groups excluding carboxylic acids is 4. The van der Waals surface area contributed by atoms with Gasteiger partial charge in [0, 0.05) is 6.08 Å². The summed E-state index contributed by atoms with van der Waals surface area (Å²) in [4.78, 5) is 49.0. The Kier molecular flexibility index (Phi) is 15.0. The summed E-state index contributed by atoms with van der Waals surface area (Å²) in [6.07, 6.45) is 9.50. The maximum atomic E-state index is 12.8. The zero-order valence-corrected chi connectivity index (χ0v) is 26.6. The van der Waals surface area contributed by atoms with Crippen LogP contribution in [0.25, 0.3) is 0 Å². The predicted molar refractivity (Wildman–Crippen MR) is 174 cm³/mol. The van der Waals surface area contributed by atoms with Gasteiger partial charge in [0.2, 0.25) is 0 Å². The Morgan fingerprint density at radius 3 is 1.70 bits per heavy atom. The van der Waals surface area contributed by atoms with Crippen LogP contribution in [0, 0.1) is 0 Å². The molecule has 0 saturated heterocycles. The highest BCUT2D eigenvalue weighted by Gasteiger charge is 2.17. The van der Waals surface area contributed by atoms with Crippen LogP contribution < -0.4 is 18.9 Å². The molecule has 46 heavy (non-hydrogen) atoms. The topological polar surface area (TPSA) is 114 Å². The summed E-state index contributed by atoms with van der Waals surface area (Å²) in [6.45, 7) is 8.19. The fourth-order valence-electron chi connectivity index (χ4n) is 4.33. The molecule has 0 atom stereocenters. The fraction of sp³-hybridized carbons (Fsp3) is 0.351. The zero-order valence-electron chi connectivity index (χ0n) is 26.6. The smallest absolute Gasteiger partial charge is 0.343 e. The molecule has 9 heteroatoms. The Hall–Kier alpha value is -4.92. The Labute approximate surface area is 270 Å². The molecule has 9 nitrogen and oxygen atoms in total. The van der Waals surface area contributed by atoms with E-state index in [9.17, 15) is 19.2 Å². The molecule has 0 aliphatic rings. The van der Waals surface area contributed by atoms with Crippen LogP contribution in [0.1, 0.15) is 96.3 Å². The van der Waals surface area contributed by atoms with Gasteiger partial charge in [-0.2, -0.15) is 0 Å². The van der Waals surface area contributed by atoms with Crippen molar-refractivity contribution in [2.75, 3.05) is 19.8 Å². The van der Waals surface area contributed by atoms with Crippen molar-refractivity contribution in [3.8, 4) is 23.0 Å². The average molecular weight is 631 g/mol. The Morgan fingerprint density at radius 2 is 1.13 bits per heavy atom. The summed E-state index contributed by atoms with van der Waals surface area (Å²) in [7, 11) is 0. The minimum Gasteiger partial charge on any atom is -0.494 e. The number of Topliss-reactive ketones (excluding diaryl/α,β-unsaturated/α-hetero) is 1. The second-order valence-corrected chi connectivity index (χ2v) is 10.6. The molecule has 0 saturated carbocycles. The predicted octanol–water partition coefficient (Wildman–Crippen LogP) is 7.96. The highest BCUT2D eigenvalue weighted by atomic mass is 16.5. The minimum atomic E-state index is -0.665. The van der Waals surface area contributed by atoms with E-state index in [1.54, 1.807) is 48.5 Å². The van der Waals surface area contributed by atoms with Crippen molar-refractivity contribution in [1.82, 2.24) is 0 Å². The number of ether oxygens (including phenoxy) is 5. The van der Waals surface area contributed by atoms with Gasteiger partial charge in [0.1, 0.15) is 23.0 Å². The van der Waals surface area contributed by atoms with Crippen molar-refractivity contribution < 1.29 is 42.9 Å². The summed E-state index contributed by atoms with van der Waals surface area (Å²) < 4.78 is 27.3. The molecular weight excluding hydrogens is 588 g/mol. The monoisotopic (exact) mass is 630 g/mol. The van der Waals surface area contributed by atoms with Gasteiger partial charge < -0.3 is 23.7 Å². The molecule has 0 aromatic heterocycles. The van der Waals surface area contributed by atoms with E-state index in [2.05, 4.69) is 13.5 Å². The summed E-state index contributed by atoms with van der Waals surface area (Å²) in [5.41, 5.74) is 0.678. The summed E-state index contributed by atoms with van der Waals surface area (Å²) in [5, 5.41) is 0. The highest BCUT2D eigenvalue weighted by Crippen LogP contribution is 2.27. The molecule has 3 aromatic rings. The van der Waals surface area contributed by atoms with Crippen LogP contribution in [0.3, 0.4) is 0 Å². The lowest BCUT2D eigenvalue weighted by Crippen LogP contribution is -2.12. The molecule has 3 rings (SSSR count). The van der Waals surface area contributed by atoms with E-state index in [0.717, 1.165) is 18.9 Å². The van der Waals surface area contributed by atoms with Crippen molar-refractivity contribution in [3.63, 3.8) is 0 Å². The lowest BCUT2D eigenvalue weighted by atomic mass is 10.1. The van der Waals surface area contributed by atoms with Crippen molar-refractivity contribution in [2.24, 2.45) is 0 Å². The lowest BCUT2D eigenvalue weighted by Gasteiger charge is -2.12. The Balaban J connectivity index is 1.49. The van der Waals surface area contributed by atoms with E-state index in [-0.39, 0.29) is 35.0 Å².